The van der Waals surface area contributed by atoms with Gasteiger partial charge in [0, 0.05) is 13.0 Å². The molecule has 0 spiro atoms. The summed E-state index contributed by atoms with van der Waals surface area (Å²) in [7, 11) is 1.66. The van der Waals surface area contributed by atoms with Crippen LogP contribution in [0.5, 0.6) is 5.75 Å². The number of carbonyl (C=O) groups excluding carboxylic acids is 1. The third-order valence-electron chi connectivity index (χ3n) is 4.16. The second-order valence-corrected chi connectivity index (χ2v) is 5.89. The fraction of sp³-hybridized carbons (Fsp3) is 0.588. The molecule has 0 saturated carbocycles. The van der Waals surface area contributed by atoms with Crippen LogP contribution in [0.4, 0.5) is 0 Å². The first-order valence-corrected chi connectivity index (χ1v) is 7.80. The lowest BCUT2D eigenvalue weighted by Crippen LogP contribution is -2.38. The second-order valence-electron chi connectivity index (χ2n) is 5.89. The van der Waals surface area contributed by atoms with E-state index in [1.165, 1.54) is 18.4 Å². The maximum atomic E-state index is 12.0. The van der Waals surface area contributed by atoms with Crippen molar-refractivity contribution in [1.29, 1.82) is 0 Å². The van der Waals surface area contributed by atoms with E-state index in [2.05, 4.69) is 17.6 Å². The minimum Gasteiger partial charge on any atom is -0.497 e. The topological polar surface area (TPSA) is 50.4 Å². The molecule has 0 bridgehead atoms. The molecule has 1 heterocycles. The molecule has 124 valence electrons. The highest BCUT2D eigenvalue weighted by Gasteiger charge is 2.15. The van der Waals surface area contributed by atoms with Gasteiger partial charge in [0.05, 0.1) is 7.11 Å². The third kappa shape index (κ3) is 5.85. The summed E-state index contributed by atoms with van der Waals surface area (Å²) in [6.45, 7) is 5.01. The number of carbonyl (C=O) groups is 1. The van der Waals surface area contributed by atoms with Gasteiger partial charge in [-0.3, -0.25) is 4.79 Å². The Labute approximate surface area is 139 Å². The normalized spacial score (nSPS) is 18.9. The number of halogens is 1. The molecule has 2 unspecified atom stereocenters. The van der Waals surface area contributed by atoms with E-state index >= 15 is 0 Å². The fourth-order valence-electron chi connectivity index (χ4n) is 2.76. The summed E-state index contributed by atoms with van der Waals surface area (Å²) in [6.07, 6.45) is 2.95. The lowest BCUT2D eigenvalue weighted by Gasteiger charge is -2.23. The Balaban J connectivity index is 0.00000242. The molecule has 2 atom stereocenters. The molecule has 4 nitrogen and oxygen atoms in total. The summed E-state index contributed by atoms with van der Waals surface area (Å²) in [6, 6.07) is 7.94. The van der Waals surface area contributed by atoms with Crippen LogP contribution in [0.3, 0.4) is 0 Å². The summed E-state index contributed by atoms with van der Waals surface area (Å²) in [4.78, 5) is 12.0. The molecule has 0 aliphatic carbocycles. The number of nitrogens with one attached hydrogen (secondary N) is 2. The lowest BCUT2D eigenvalue weighted by molar-refractivity contribution is -0.121. The van der Waals surface area contributed by atoms with Crippen molar-refractivity contribution >= 4 is 18.3 Å². The van der Waals surface area contributed by atoms with Crippen LogP contribution in [0.25, 0.3) is 0 Å². The molecule has 2 rings (SSSR count). The molecular weight excluding hydrogens is 300 g/mol. The van der Waals surface area contributed by atoms with Crippen LogP contribution in [-0.4, -0.2) is 32.7 Å². The average molecular weight is 327 g/mol. The van der Waals surface area contributed by atoms with Gasteiger partial charge in [0.25, 0.3) is 0 Å². The molecule has 1 aliphatic rings. The van der Waals surface area contributed by atoms with Gasteiger partial charge in [-0.25, -0.2) is 0 Å². The number of benzene rings is 1. The van der Waals surface area contributed by atoms with Crippen molar-refractivity contribution in [3.05, 3.63) is 29.8 Å². The molecule has 22 heavy (non-hydrogen) atoms. The Morgan fingerprint density at radius 3 is 2.73 bits per heavy atom. The maximum Gasteiger partial charge on any atom is 0.220 e. The van der Waals surface area contributed by atoms with Crippen molar-refractivity contribution in [2.45, 2.75) is 32.1 Å². The van der Waals surface area contributed by atoms with Gasteiger partial charge in [0.15, 0.2) is 0 Å². The van der Waals surface area contributed by atoms with Crippen LogP contribution >= 0.6 is 12.4 Å². The smallest absolute Gasteiger partial charge is 0.220 e. The van der Waals surface area contributed by atoms with Crippen molar-refractivity contribution in [3.8, 4) is 5.75 Å². The first-order chi connectivity index (χ1) is 10.2. The zero-order valence-corrected chi connectivity index (χ0v) is 14.2. The standard InChI is InChI=1S/C17H26N2O2.ClH/c1-13(15-5-7-16(21-2)8-6-15)10-17(20)19-12-14-4-3-9-18-11-14;/h5-8,13-14,18H,3-4,9-12H2,1-2H3,(H,19,20);1H. The molecule has 1 aliphatic heterocycles. The average Bonchev–Trinajstić information content (AvgIpc) is 2.54. The van der Waals surface area contributed by atoms with Gasteiger partial charge < -0.3 is 15.4 Å². The summed E-state index contributed by atoms with van der Waals surface area (Å²) in [5, 5.41) is 6.44. The van der Waals surface area contributed by atoms with Gasteiger partial charge in [0.1, 0.15) is 5.75 Å². The highest BCUT2D eigenvalue weighted by molar-refractivity contribution is 5.85. The largest absolute Gasteiger partial charge is 0.497 e. The second kappa shape index (κ2) is 9.70. The van der Waals surface area contributed by atoms with Crippen molar-refractivity contribution in [3.63, 3.8) is 0 Å². The van der Waals surface area contributed by atoms with E-state index in [9.17, 15) is 4.79 Å². The highest BCUT2D eigenvalue weighted by Crippen LogP contribution is 2.21. The number of hydrogen-bond donors (Lipinski definition) is 2. The van der Waals surface area contributed by atoms with E-state index in [1.807, 2.05) is 24.3 Å². The van der Waals surface area contributed by atoms with Crippen LogP contribution in [0.2, 0.25) is 0 Å². The van der Waals surface area contributed by atoms with E-state index in [0.717, 1.165) is 25.4 Å². The number of piperidine rings is 1. The van der Waals surface area contributed by atoms with Crippen LogP contribution in [0.1, 0.15) is 37.7 Å². The van der Waals surface area contributed by atoms with Crippen LogP contribution in [0, 0.1) is 5.92 Å². The van der Waals surface area contributed by atoms with Gasteiger partial charge in [-0.1, -0.05) is 19.1 Å². The summed E-state index contributed by atoms with van der Waals surface area (Å²) < 4.78 is 5.15. The molecule has 1 aromatic rings. The van der Waals surface area contributed by atoms with Gasteiger partial charge in [-0.05, 0) is 55.5 Å². The van der Waals surface area contributed by atoms with Crippen molar-refractivity contribution in [1.82, 2.24) is 10.6 Å². The van der Waals surface area contributed by atoms with E-state index in [4.69, 9.17) is 4.74 Å². The predicted molar refractivity (Wildman–Crippen MR) is 91.9 cm³/mol. The molecule has 1 saturated heterocycles. The van der Waals surface area contributed by atoms with E-state index in [-0.39, 0.29) is 24.2 Å². The number of ether oxygens (including phenoxy) is 1. The first kappa shape index (κ1) is 18.8. The first-order valence-electron chi connectivity index (χ1n) is 7.80. The molecule has 0 radical (unpaired) electrons. The molecule has 5 heteroatoms. The van der Waals surface area contributed by atoms with E-state index < -0.39 is 0 Å². The molecule has 1 amide bonds. The number of hydrogen-bond acceptors (Lipinski definition) is 3. The van der Waals surface area contributed by atoms with Gasteiger partial charge in [-0.2, -0.15) is 0 Å². The fourth-order valence-corrected chi connectivity index (χ4v) is 2.76. The van der Waals surface area contributed by atoms with E-state index in [0.29, 0.717) is 12.3 Å². The number of methoxy groups -OCH3 is 1. The minimum atomic E-state index is 0. The maximum absolute atomic E-state index is 12.0. The lowest BCUT2D eigenvalue weighted by atomic mass is 9.96. The Hall–Kier alpha value is -1.26. The van der Waals surface area contributed by atoms with Gasteiger partial charge >= 0.3 is 0 Å². The summed E-state index contributed by atoms with van der Waals surface area (Å²) in [5.41, 5.74) is 1.17. The van der Waals surface area contributed by atoms with Crippen molar-refractivity contribution < 1.29 is 9.53 Å². The SMILES string of the molecule is COc1ccc(C(C)CC(=O)NCC2CCCNC2)cc1.Cl. The Bertz CT molecular complexity index is 444. The van der Waals surface area contributed by atoms with Crippen LogP contribution in [0.15, 0.2) is 24.3 Å². The Morgan fingerprint density at radius 1 is 1.41 bits per heavy atom. The number of amides is 1. The molecular formula is C17H27ClN2O2. The quantitative estimate of drug-likeness (QED) is 0.845. The van der Waals surface area contributed by atoms with Crippen molar-refractivity contribution in [2.24, 2.45) is 5.92 Å². The zero-order chi connectivity index (χ0) is 15.1. The Morgan fingerprint density at radius 2 is 2.14 bits per heavy atom. The minimum absolute atomic E-state index is 0. The van der Waals surface area contributed by atoms with Crippen LogP contribution < -0.4 is 15.4 Å². The van der Waals surface area contributed by atoms with E-state index in [1.54, 1.807) is 7.11 Å². The predicted octanol–water partition coefficient (Wildman–Crippen LogP) is 2.73. The summed E-state index contributed by atoms with van der Waals surface area (Å²) in [5.74, 6) is 1.79. The third-order valence-corrected chi connectivity index (χ3v) is 4.16. The monoisotopic (exact) mass is 326 g/mol. The van der Waals surface area contributed by atoms with Crippen LogP contribution in [-0.2, 0) is 4.79 Å². The summed E-state index contributed by atoms with van der Waals surface area (Å²) >= 11 is 0. The Kier molecular flexibility index (Phi) is 8.28. The van der Waals surface area contributed by atoms with Gasteiger partial charge in [-0.15, -0.1) is 12.4 Å². The zero-order valence-electron chi connectivity index (χ0n) is 13.4. The highest BCUT2D eigenvalue weighted by atomic mass is 35.5. The van der Waals surface area contributed by atoms with Crippen molar-refractivity contribution in [2.75, 3.05) is 26.7 Å². The molecule has 0 aromatic heterocycles. The molecule has 1 fully saturated rings. The van der Waals surface area contributed by atoms with Gasteiger partial charge in [0.2, 0.25) is 5.91 Å². The number of rotatable bonds is 6. The molecule has 2 N–H and O–H groups in total. The molecule has 1 aromatic carbocycles.